The molecule has 2 amide bonds. The SMILES string of the molecule is CCn1cc(-c2cccc(NC(=O)Nc3ccc(C)cc3)c2)c(-c2ccncc2)n1.N=S(=O)=O. The molecule has 9 nitrogen and oxygen atoms in total. The number of hydrogen-bond donors (Lipinski definition) is 3. The van der Waals surface area contributed by atoms with Gasteiger partial charge in [-0.15, -0.1) is 0 Å². The average molecular weight is 477 g/mol. The van der Waals surface area contributed by atoms with E-state index in [0.29, 0.717) is 5.69 Å². The molecular formula is C24H24N6O3S. The second-order valence-corrected chi connectivity index (χ2v) is 7.71. The highest BCUT2D eigenvalue weighted by Gasteiger charge is 2.13. The Hall–Kier alpha value is -4.31. The number of benzene rings is 2. The maximum atomic E-state index is 12.4. The molecule has 2 aromatic heterocycles. The molecule has 0 saturated carbocycles. The number of rotatable bonds is 5. The van der Waals surface area contributed by atoms with Gasteiger partial charge in [-0.2, -0.15) is 18.3 Å². The van der Waals surface area contributed by atoms with Crippen molar-refractivity contribution in [3.63, 3.8) is 0 Å². The molecule has 0 aliphatic heterocycles. The molecule has 0 saturated heterocycles. The van der Waals surface area contributed by atoms with Crippen LogP contribution in [-0.4, -0.2) is 29.2 Å². The first kappa shape index (κ1) is 24.3. The fraction of sp³-hybridized carbons (Fsp3) is 0.125. The van der Waals surface area contributed by atoms with Gasteiger partial charge in [-0.05, 0) is 55.8 Å². The number of carbonyl (C=O) groups excluding carboxylic acids is 1. The van der Waals surface area contributed by atoms with Crippen molar-refractivity contribution in [3.8, 4) is 22.4 Å². The Labute approximate surface area is 199 Å². The zero-order valence-corrected chi connectivity index (χ0v) is 19.5. The van der Waals surface area contributed by atoms with Gasteiger partial charge >= 0.3 is 16.5 Å². The van der Waals surface area contributed by atoms with Gasteiger partial charge in [0.15, 0.2) is 0 Å². The molecule has 0 unspecified atom stereocenters. The summed E-state index contributed by atoms with van der Waals surface area (Å²) in [6.45, 7) is 4.84. The summed E-state index contributed by atoms with van der Waals surface area (Å²) in [5.41, 5.74) is 6.48. The number of carbonyl (C=O) groups is 1. The summed E-state index contributed by atoms with van der Waals surface area (Å²) in [5.74, 6) is 0. The smallest absolute Gasteiger partial charge is 0.308 e. The van der Waals surface area contributed by atoms with Crippen LogP contribution in [0.25, 0.3) is 22.4 Å². The Balaban J connectivity index is 0.000000751. The summed E-state index contributed by atoms with van der Waals surface area (Å²) in [7, 11) is -2.61. The highest BCUT2D eigenvalue weighted by Crippen LogP contribution is 2.32. The van der Waals surface area contributed by atoms with Crippen molar-refractivity contribution in [3.05, 3.63) is 84.8 Å². The van der Waals surface area contributed by atoms with Gasteiger partial charge in [-0.1, -0.05) is 29.8 Å². The lowest BCUT2D eigenvalue weighted by molar-refractivity contribution is 0.262. The van der Waals surface area contributed by atoms with E-state index in [0.717, 1.165) is 40.2 Å². The fourth-order valence-corrected chi connectivity index (χ4v) is 3.21. The summed E-state index contributed by atoms with van der Waals surface area (Å²) < 4.78 is 24.7. The molecule has 0 aliphatic carbocycles. The lowest BCUT2D eigenvalue weighted by atomic mass is 10.0. The van der Waals surface area contributed by atoms with E-state index in [1.54, 1.807) is 12.4 Å². The van der Waals surface area contributed by atoms with Crippen LogP contribution in [0.4, 0.5) is 16.2 Å². The molecule has 0 aliphatic rings. The third kappa shape index (κ3) is 6.84. The minimum atomic E-state index is -2.61. The summed E-state index contributed by atoms with van der Waals surface area (Å²) in [5, 5.41) is 10.5. The largest absolute Gasteiger partial charge is 0.323 e. The molecular weight excluding hydrogens is 452 g/mol. The number of pyridine rings is 1. The van der Waals surface area contributed by atoms with E-state index in [2.05, 4.69) is 22.5 Å². The third-order valence-electron chi connectivity index (χ3n) is 4.78. The van der Waals surface area contributed by atoms with E-state index in [4.69, 9.17) is 18.3 Å². The molecule has 0 atom stereocenters. The molecule has 3 N–H and O–H groups in total. The van der Waals surface area contributed by atoms with E-state index in [-0.39, 0.29) is 6.03 Å². The maximum Gasteiger partial charge on any atom is 0.323 e. The van der Waals surface area contributed by atoms with Crippen LogP contribution in [0, 0.1) is 11.7 Å². The molecule has 4 aromatic rings. The van der Waals surface area contributed by atoms with Gasteiger partial charge in [-0.25, -0.2) is 4.79 Å². The van der Waals surface area contributed by atoms with Gasteiger partial charge in [0.2, 0.25) is 0 Å². The van der Waals surface area contributed by atoms with Gasteiger partial charge in [0.1, 0.15) is 5.69 Å². The second kappa shape index (κ2) is 11.5. The van der Waals surface area contributed by atoms with Crippen LogP contribution in [-0.2, 0) is 17.0 Å². The number of aromatic nitrogens is 3. The van der Waals surface area contributed by atoms with Crippen molar-refractivity contribution in [1.29, 1.82) is 4.78 Å². The quantitative estimate of drug-likeness (QED) is 0.364. The second-order valence-electron chi connectivity index (χ2n) is 7.24. The summed E-state index contributed by atoms with van der Waals surface area (Å²) >= 11 is 0. The molecule has 2 heterocycles. The number of urea groups is 1. The zero-order valence-electron chi connectivity index (χ0n) is 18.7. The van der Waals surface area contributed by atoms with Crippen molar-refractivity contribution < 1.29 is 13.2 Å². The molecule has 0 bridgehead atoms. The van der Waals surface area contributed by atoms with E-state index < -0.39 is 10.5 Å². The minimum absolute atomic E-state index is 0.283. The Bertz CT molecular complexity index is 1360. The standard InChI is InChI=1S/C24H23N5O.HNO2S/c1-3-29-16-22(23(28-29)18-11-13-25-14-12-18)19-5-4-6-21(15-19)27-24(30)26-20-9-7-17(2)8-10-20;1-4(2)3/h4-16H,3H2,1-2H3,(H2,26,27,30);1H. The Morgan fingerprint density at radius 2 is 1.62 bits per heavy atom. The van der Waals surface area contributed by atoms with E-state index >= 15 is 0 Å². The van der Waals surface area contributed by atoms with E-state index in [1.165, 1.54) is 0 Å². The molecule has 4 rings (SSSR count). The highest BCUT2D eigenvalue weighted by molar-refractivity contribution is 7.60. The first-order valence-corrected chi connectivity index (χ1v) is 11.5. The molecule has 0 radical (unpaired) electrons. The van der Waals surface area contributed by atoms with Gasteiger partial charge in [0.05, 0.1) is 0 Å². The fourth-order valence-electron chi connectivity index (χ4n) is 3.21. The van der Waals surface area contributed by atoms with Crippen LogP contribution in [0.1, 0.15) is 12.5 Å². The lowest BCUT2D eigenvalue weighted by Gasteiger charge is -2.09. The summed E-state index contributed by atoms with van der Waals surface area (Å²) in [6.07, 6.45) is 5.55. The van der Waals surface area contributed by atoms with Crippen molar-refractivity contribution in [2.75, 3.05) is 10.6 Å². The van der Waals surface area contributed by atoms with E-state index in [9.17, 15) is 4.79 Å². The Kier molecular flexibility index (Phi) is 8.25. The molecule has 0 spiro atoms. The zero-order chi connectivity index (χ0) is 24.5. The van der Waals surface area contributed by atoms with Crippen LogP contribution in [0.2, 0.25) is 0 Å². The first-order chi connectivity index (χ1) is 16.4. The summed E-state index contributed by atoms with van der Waals surface area (Å²) in [4.78, 5) is 16.5. The first-order valence-electron chi connectivity index (χ1n) is 10.4. The van der Waals surface area contributed by atoms with Crippen molar-refractivity contribution >= 4 is 27.9 Å². The summed E-state index contributed by atoms with van der Waals surface area (Å²) in [6, 6.07) is 19.1. The third-order valence-corrected chi connectivity index (χ3v) is 4.78. The highest BCUT2D eigenvalue weighted by atomic mass is 32.2. The average Bonchev–Trinajstić information content (AvgIpc) is 3.26. The van der Waals surface area contributed by atoms with Crippen LogP contribution in [0.15, 0.2) is 79.3 Å². The van der Waals surface area contributed by atoms with Crippen molar-refractivity contribution in [1.82, 2.24) is 14.8 Å². The van der Waals surface area contributed by atoms with Crippen molar-refractivity contribution in [2.24, 2.45) is 0 Å². The molecule has 2 aromatic carbocycles. The molecule has 10 heteroatoms. The minimum Gasteiger partial charge on any atom is -0.308 e. The Morgan fingerprint density at radius 1 is 0.971 bits per heavy atom. The number of amides is 2. The van der Waals surface area contributed by atoms with Crippen LogP contribution in [0.5, 0.6) is 0 Å². The van der Waals surface area contributed by atoms with E-state index in [1.807, 2.05) is 78.5 Å². The number of aryl methyl sites for hydroxylation is 2. The topological polar surface area (TPSA) is 130 Å². The van der Waals surface area contributed by atoms with Crippen LogP contribution in [0.3, 0.4) is 0 Å². The van der Waals surface area contributed by atoms with Gasteiger partial charge in [0, 0.05) is 47.6 Å². The number of nitrogens with zero attached hydrogens (tertiary/aromatic N) is 3. The predicted molar refractivity (Wildman–Crippen MR) is 132 cm³/mol. The monoisotopic (exact) mass is 476 g/mol. The molecule has 0 fully saturated rings. The Morgan fingerprint density at radius 3 is 2.26 bits per heavy atom. The van der Waals surface area contributed by atoms with Crippen molar-refractivity contribution in [2.45, 2.75) is 20.4 Å². The van der Waals surface area contributed by atoms with Gasteiger partial charge in [0.25, 0.3) is 0 Å². The lowest BCUT2D eigenvalue weighted by Crippen LogP contribution is -2.19. The number of nitrogens with one attached hydrogen (secondary N) is 3. The normalized spacial score (nSPS) is 10.1. The van der Waals surface area contributed by atoms with Gasteiger partial charge < -0.3 is 10.6 Å². The number of hydrogen-bond acceptors (Lipinski definition) is 6. The van der Waals surface area contributed by atoms with Crippen LogP contribution < -0.4 is 10.6 Å². The maximum absolute atomic E-state index is 12.4. The molecule has 34 heavy (non-hydrogen) atoms. The van der Waals surface area contributed by atoms with Gasteiger partial charge in [-0.3, -0.25) is 9.67 Å². The molecule has 174 valence electrons. The van der Waals surface area contributed by atoms with Crippen LogP contribution >= 0.6 is 0 Å². The number of anilines is 2. The predicted octanol–water partition coefficient (Wildman–Crippen LogP) is 5.21.